The van der Waals surface area contributed by atoms with Crippen LogP contribution in [0.2, 0.25) is 0 Å². The van der Waals surface area contributed by atoms with E-state index in [1.807, 2.05) is 30.5 Å². The fourth-order valence-electron chi connectivity index (χ4n) is 1.92. The van der Waals surface area contributed by atoms with Crippen LogP contribution < -0.4 is 0 Å². The molecule has 1 rings (SSSR count). The zero-order valence-electron chi connectivity index (χ0n) is 11.3. The highest BCUT2D eigenvalue weighted by atomic mass is 79.9. The van der Waals surface area contributed by atoms with Gasteiger partial charge in [0, 0.05) is 16.1 Å². The third-order valence-corrected chi connectivity index (χ3v) is 4.09. The zero-order valence-corrected chi connectivity index (χ0v) is 12.9. The lowest BCUT2D eigenvalue weighted by atomic mass is 10.1. The zero-order chi connectivity index (χ0) is 13.6. The summed E-state index contributed by atoms with van der Waals surface area (Å²) < 4.78 is 1.84. The molecule has 0 aromatic heterocycles. The smallest absolute Gasteiger partial charge is 0.191 e. The summed E-state index contributed by atoms with van der Waals surface area (Å²) in [5.41, 5.74) is 0.732. The molecule has 3 heteroatoms. The second kappa shape index (κ2) is 6.86. The van der Waals surface area contributed by atoms with Gasteiger partial charge in [-0.05, 0) is 45.0 Å². The van der Waals surface area contributed by atoms with Crippen molar-refractivity contribution in [2.24, 2.45) is 0 Å². The third kappa shape index (κ3) is 3.79. The Bertz CT molecular complexity index is 410. The molecule has 0 saturated carbocycles. The van der Waals surface area contributed by atoms with Crippen molar-refractivity contribution in [1.29, 1.82) is 0 Å². The van der Waals surface area contributed by atoms with Gasteiger partial charge in [-0.3, -0.25) is 9.28 Å². The summed E-state index contributed by atoms with van der Waals surface area (Å²) in [4.78, 5) is 12.0. The van der Waals surface area contributed by atoms with Gasteiger partial charge >= 0.3 is 0 Å². The summed E-state index contributed by atoms with van der Waals surface area (Å²) in [5.74, 6) is 0.0698. The number of rotatable bonds is 6. The van der Waals surface area contributed by atoms with E-state index >= 15 is 0 Å². The van der Waals surface area contributed by atoms with Gasteiger partial charge in [0.05, 0.1) is 25.8 Å². The standard InChI is InChI=1S/C15H21BrNO/c1-4-17(5-2,6-3)12-11-15(18)13-7-9-14(16)10-8-13/h7-12H,4-6H2,1-3H3/q+1. The lowest BCUT2D eigenvalue weighted by Crippen LogP contribution is -2.42. The van der Waals surface area contributed by atoms with Gasteiger partial charge in [0.1, 0.15) is 0 Å². The van der Waals surface area contributed by atoms with E-state index in [4.69, 9.17) is 0 Å². The Hall–Kier alpha value is -0.930. The largest absolute Gasteiger partial charge is 0.298 e. The fourth-order valence-corrected chi connectivity index (χ4v) is 2.19. The first-order valence-corrected chi connectivity index (χ1v) is 7.21. The lowest BCUT2D eigenvalue weighted by Gasteiger charge is -2.31. The molecule has 0 unspecified atom stereocenters. The Morgan fingerprint density at radius 2 is 1.61 bits per heavy atom. The van der Waals surface area contributed by atoms with Crippen molar-refractivity contribution in [2.45, 2.75) is 20.8 Å². The average molecular weight is 311 g/mol. The molecule has 0 saturated heterocycles. The number of quaternary nitrogens is 1. The average Bonchev–Trinajstić information content (AvgIpc) is 2.41. The van der Waals surface area contributed by atoms with Crippen LogP contribution in [0.15, 0.2) is 41.0 Å². The number of benzene rings is 1. The van der Waals surface area contributed by atoms with Gasteiger partial charge in [0.2, 0.25) is 0 Å². The van der Waals surface area contributed by atoms with E-state index in [0.717, 1.165) is 34.2 Å². The molecule has 98 valence electrons. The maximum absolute atomic E-state index is 12.0. The highest BCUT2D eigenvalue weighted by Gasteiger charge is 2.17. The van der Waals surface area contributed by atoms with E-state index in [1.54, 1.807) is 6.08 Å². The van der Waals surface area contributed by atoms with Crippen molar-refractivity contribution in [3.8, 4) is 0 Å². The molecular formula is C15H21BrNO+. The number of hydrogen-bond donors (Lipinski definition) is 0. The molecule has 1 aromatic rings. The molecule has 18 heavy (non-hydrogen) atoms. The van der Waals surface area contributed by atoms with Crippen LogP contribution in [-0.2, 0) is 0 Å². The number of nitrogens with zero attached hydrogens (tertiary/aromatic N) is 1. The topological polar surface area (TPSA) is 17.1 Å². The van der Waals surface area contributed by atoms with Crippen molar-refractivity contribution < 1.29 is 9.28 Å². The van der Waals surface area contributed by atoms with Crippen LogP contribution in [-0.4, -0.2) is 29.9 Å². The van der Waals surface area contributed by atoms with E-state index in [9.17, 15) is 4.79 Å². The number of ketones is 1. The normalized spacial score (nSPS) is 12.0. The first-order valence-electron chi connectivity index (χ1n) is 6.41. The minimum absolute atomic E-state index is 0.0698. The van der Waals surface area contributed by atoms with E-state index in [2.05, 4.69) is 36.7 Å². The predicted octanol–water partition coefficient (Wildman–Crippen LogP) is 4.02. The number of hydrogen-bond acceptors (Lipinski definition) is 1. The van der Waals surface area contributed by atoms with Crippen LogP contribution in [0.5, 0.6) is 0 Å². The molecule has 0 fully saturated rings. The molecular weight excluding hydrogens is 290 g/mol. The summed E-state index contributed by atoms with van der Waals surface area (Å²) in [6.07, 6.45) is 3.74. The quantitative estimate of drug-likeness (QED) is 0.440. The monoisotopic (exact) mass is 310 g/mol. The highest BCUT2D eigenvalue weighted by Crippen LogP contribution is 2.12. The first kappa shape index (κ1) is 15.1. The van der Waals surface area contributed by atoms with Gasteiger partial charge in [-0.2, -0.15) is 0 Å². The minimum atomic E-state index is 0.0698. The number of allylic oxidation sites excluding steroid dienone is 1. The molecule has 0 aliphatic heterocycles. The Labute approximate surface area is 118 Å². The molecule has 0 heterocycles. The molecule has 0 N–H and O–H groups in total. The summed E-state index contributed by atoms with van der Waals surface area (Å²) in [7, 11) is 0. The Morgan fingerprint density at radius 1 is 1.11 bits per heavy atom. The van der Waals surface area contributed by atoms with Crippen LogP contribution in [0.25, 0.3) is 0 Å². The maximum atomic E-state index is 12.0. The fraction of sp³-hybridized carbons (Fsp3) is 0.400. The molecule has 1 aromatic carbocycles. The summed E-state index contributed by atoms with van der Waals surface area (Å²) in [6.45, 7) is 9.50. The van der Waals surface area contributed by atoms with Gasteiger partial charge in [0.25, 0.3) is 0 Å². The van der Waals surface area contributed by atoms with Gasteiger partial charge < -0.3 is 0 Å². The third-order valence-electron chi connectivity index (χ3n) is 3.56. The maximum Gasteiger partial charge on any atom is 0.191 e. The van der Waals surface area contributed by atoms with Crippen molar-refractivity contribution in [3.05, 3.63) is 46.6 Å². The Balaban J connectivity index is 2.83. The van der Waals surface area contributed by atoms with Crippen molar-refractivity contribution in [2.75, 3.05) is 19.6 Å². The van der Waals surface area contributed by atoms with Crippen LogP contribution >= 0.6 is 15.9 Å². The van der Waals surface area contributed by atoms with E-state index in [0.29, 0.717) is 0 Å². The van der Waals surface area contributed by atoms with Gasteiger partial charge in [-0.25, -0.2) is 0 Å². The van der Waals surface area contributed by atoms with E-state index in [1.165, 1.54) is 0 Å². The Morgan fingerprint density at radius 3 is 2.06 bits per heavy atom. The van der Waals surface area contributed by atoms with Crippen LogP contribution in [0, 0.1) is 0 Å². The summed E-state index contributed by atoms with van der Waals surface area (Å²) in [5, 5.41) is 0. The Kier molecular flexibility index (Phi) is 5.76. The molecule has 0 atom stereocenters. The molecule has 0 bridgehead atoms. The molecule has 0 spiro atoms. The van der Waals surface area contributed by atoms with Crippen molar-refractivity contribution in [1.82, 2.24) is 0 Å². The molecule has 0 aliphatic rings. The van der Waals surface area contributed by atoms with Crippen LogP contribution in [0.1, 0.15) is 31.1 Å². The number of carbonyl (C=O) groups is 1. The second-order valence-corrected chi connectivity index (χ2v) is 5.27. The van der Waals surface area contributed by atoms with Crippen molar-refractivity contribution >= 4 is 21.7 Å². The van der Waals surface area contributed by atoms with E-state index in [-0.39, 0.29) is 5.78 Å². The second-order valence-electron chi connectivity index (χ2n) is 4.35. The SMILES string of the molecule is CC[N+](C=CC(=O)c1ccc(Br)cc1)(CC)CC. The first-order chi connectivity index (χ1) is 8.56. The van der Waals surface area contributed by atoms with Crippen LogP contribution in [0.3, 0.4) is 0 Å². The molecule has 0 amide bonds. The molecule has 0 aliphatic carbocycles. The van der Waals surface area contributed by atoms with Gasteiger partial charge in [0.15, 0.2) is 5.78 Å². The number of carbonyl (C=O) groups excluding carboxylic acids is 1. The summed E-state index contributed by atoms with van der Waals surface area (Å²) in [6, 6.07) is 7.47. The van der Waals surface area contributed by atoms with Gasteiger partial charge in [-0.15, -0.1) is 0 Å². The van der Waals surface area contributed by atoms with Crippen molar-refractivity contribution in [3.63, 3.8) is 0 Å². The minimum Gasteiger partial charge on any atom is -0.298 e. The van der Waals surface area contributed by atoms with Crippen LogP contribution in [0.4, 0.5) is 0 Å². The van der Waals surface area contributed by atoms with Gasteiger partial charge in [-0.1, -0.05) is 15.9 Å². The number of halogens is 1. The summed E-state index contributed by atoms with van der Waals surface area (Å²) >= 11 is 3.37. The lowest BCUT2D eigenvalue weighted by molar-refractivity contribution is -0.874. The molecule has 0 radical (unpaired) electrons. The molecule has 2 nitrogen and oxygen atoms in total. The highest BCUT2D eigenvalue weighted by molar-refractivity contribution is 9.10. The van der Waals surface area contributed by atoms with E-state index < -0.39 is 0 Å². The predicted molar refractivity (Wildman–Crippen MR) is 79.5 cm³/mol.